The van der Waals surface area contributed by atoms with Gasteiger partial charge in [-0.05, 0) is 50.5 Å². The predicted octanol–water partition coefficient (Wildman–Crippen LogP) is 2.54. The van der Waals surface area contributed by atoms with E-state index in [4.69, 9.17) is 5.73 Å². The highest BCUT2D eigenvalue weighted by Crippen LogP contribution is 2.16. The van der Waals surface area contributed by atoms with Gasteiger partial charge in [0.15, 0.2) is 0 Å². The number of hydrogen-bond donors (Lipinski definition) is 2. The first-order valence-corrected chi connectivity index (χ1v) is 6.88. The van der Waals surface area contributed by atoms with Crippen LogP contribution in [-0.4, -0.2) is 18.0 Å². The summed E-state index contributed by atoms with van der Waals surface area (Å²) in [5.41, 5.74) is 7.84. The number of benzene rings is 1. The maximum atomic E-state index is 11.6. The molecule has 0 aromatic heterocycles. The summed E-state index contributed by atoms with van der Waals surface area (Å²) in [5.74, 6) is 0.00940. The van der Waals surface area contributed by atoms with E-state index in [0.29, 0.717) is 13.0 Å². The van der Waals surface area contributed by atoms with Gasteiger partial charge < -0.3 is 11.1 Å². The van der Waals surface area contributed by atoms with Crippen LogP contribution in [0.15, 0.2) is 22.7 Å². The lowest BCUT2D eigenvalue weighted by Crippen LogP contribution is -2.39. The van der Waals surface area contributed by atoms with E-state index >= 15 is 0 Å². The third-order valence-electron chi connectivity index (χ3n) is 2.64. The first kappa shape index (κ1) is 15.2. The largest absolute Gasteiger partial charge is 0.356 e. The number of nitrogens with one attached hydrogen (secondary N) is 1. The highest BCUT2D eigenvalue weighted by Gasteiger charge is 2.15. The SMILES string of the molecule is Cc1ccc(Br)cc1CCNC(=O)CC(C)(C)N. The molecule has 18 heavy (non-hydrogen) atoms. The molecule has 0 atom stereocenters. The maximum absolute atomic E-state index is 11.6. The van der Waals surface area contributed by atoms with Gasteiger partial charge in [0.05, 0.1) is 0 Å². The van der Waals surface area contributed by atoms with Crippen LogP contribution < -0.4 is 11.1 Å². The lowest BCUT2D eigenvalue weighted by molar-refractivity contribution is -0.121. The Labute approximate surface area is 117 Å². The fraction of sp³-hybridized carbons (Fsp3) is 0.500. The molecule has 0 fully saturated rings. The number of aryl methyl sites for hydroxylation is 1. The maximum Gasteiger partial charge on any atom is 0.221 e. The van der Waals surface area contributed by atoms with Gasteiger partial charge in [-0.1, -0.05) is 22.0 Å². The van der Waals surface area contributed by atoms with Crippen LogP contribution in [0.1, 0.15) is 31.4 Å². The fourth-order valence-electron chi connectivity index (χ4n) is 1.72. The van der Waals surface area contributed by atoms with Crippen molar-refractivity contribution in [1.82, 2.24) is 5.32 Å². The van der Waals surface area contributed by atoms with Crippen LogP contribution in [0, 0.1) is 6.92 Å². The lowest BCUT2D eigenvalue weighted by atomic mass is 10.0. The Hall–Kier alpha value is -0.870. The van der Waals surface area contributed by atoms with Crippen LogP contribution in [0.2, 0.25) is 0 Å². The molecule has 1 aromatic carbocycles. The quantitative estimate of drug-likeness (QED) is 0.878. The van der Waals surface area contributed by atoms with Crippen LogP contribution in [0.4, 0.5) is 0 Å². The van der Waals surface area contributed by atoms with Gasteiger partial charge in [0.2, 0.25) is 5.91 Å². The second-order valence-corrected chi connectivity index (χ2v) is 6.25. The summed E-state index contributed by atoms with van der Waals surface area (Å²) in [5, 5.41) is 2.90. The van der Waals surface area contributed by atoms with Crippen LogP contribution in [0.3, 0.4) is 0 Å². The monoisotopic (exact) mass is 312 g/mol. The highest BCUT2D eigenvalue weighted by atomic mass is 79.9. The summed E-state index contributed by atoms with van der Waals surface area (Å²) in [6.45, 7) is 6.43. The Balaban J connectivity index is 2.42. The number of hydrogen-bond acceptors (Lipinski definition) is 2. The first-order chi connectivity index (χ1) is 8.28. The molecule has 1 amide bonds. The molecule has 0 saturated heterocycles. The van der Waals surface area contributed by atoms with Crippen molar-refractivity contribution < 1.29 is 4.79 Å². The molecule has 0 radical (unpaired) electrons. The molecule has 0 bridgehead atoms. The standard InChI is InChI=1S/C14H21BrN2O/c1-10-4-5-12(15)8-11(10)6-7-17-13(18)9-14(2,3)16/h4-5,8H,6-7,9,16H2,1-3H3,(H,17,18). The minimum Gasteiger partial charge on any atom is -0.356 e. The van der Waals surface area contributed by atoms with Crippen LogP contribution in [0.25, 0.3) is 0 Å². The number of halogens is 1. The van der Waals surface area contributed by atoms with Gasteiger partial charge in [-0.15, -0.1) is 0 Å². The summed E-state index contributed by atoms with van der Waals surface area (Å²) in [6, 6.07) is 6.19. The first-order valence-electron chi connectivity index (χ1n) is 6.08. The zero-order valence-corrected chi connectivity index (χ0v) is 12.8. The van der Waals surface area contributed by atoms with Crippen molar-refractivity contribution in [2.24, 2.45) is 5.73 Å². The van der Waals surface area contributed by atoms with E-state index in [2.05, 4.69) is 40.3 Å². The van der Waals surface area contributed by atoms with Crippen molar-refractivity contribution >= 4 is 21.8 Å². The van der Waals surface area contributed by atoms with Gasteiger partial charge >= 0.3 is 0 Å². The lowest BCUT2D eigenvalue weighted by Gasteiger charge is -2.17. The molecular weight excluding hydrogens is 292 g/mol. The summed E-state index contributed by atoms with van der Waals surface area (Å²) >= 11 is 3.45. The van der Waals surface area contributed by atoms with Gasteiger partial charge in [0.25, 0.3) is 0 Å². The molecular formula is C14H21BrN2O. The Morgan fingerprint density at radius 3 is 2.72 bits per heavy atom. The third-order valence-corrected chi connectivity index (χ3v) is 3.14. The molecule has 100 valence electrons. The van der Waals surface area contributed by atoms with Crippen molar-refractivity contribution in [3.05, 3.63) is 33.8 Å². The average Bonchev–Trinajstić information content (AvgIpc) is 2.20. The number of carbonyl (C=O) groups excluding carboxylic acids is 1. The second-order valence-electron chi connectivity index (χ2n) is 5.34. The van der Waals surface area contributed by atoms with Crippen molar-refractivity contribution in [3.63, 3.8) is 0 Å². The van der Waals surface area contributed by atoms with Gasteiger partial charge in [-0.3, -0.25) is 4.79 Å². The highest BCUT2D eigenvalue weighted by molar-refractivity contribution is 9.10. The zero-order valence-electron chi connectivity index (χ0n) is 11.2. The smallest absolute Gasteiger partial charge is 0.221 e. The van der Waals surface area contributed by atoms with Gasteiger partial charge in [0, 0.05) is 23.0 Å². The van der Waals surface area contributed by atoms with Crippen molar-refractivity contribution in [3.8, 4) is 0 Å². The van der Waals surface area contributed by atoms with Crippen molar-refractivity contribution in [2.45, 2.75) is 39.2 Å². The predicted molar refractivity (Wildman–Crippen MR) is 78.5 cm³/mol. The number of amides is 1. The molecule has 0 aliphatic heterocycles. The number of nitrogens with two attached hydrogens (primary N) is 1. The van der Waals surface area contributed by atoms with E-state index in [-0.39, 0.29) is 5.91 Å². The average molecular weight is 313 g/mol. The van der Waals surface area contributed by atoms with Gasteiger partial charge in [-0.2, -0.15) is 0 Å². The topological polar surface area (TPSA) is 55.1 Å². The molecule has 1 aromatic rings. The van der Waals surface area contributed by atoms with E-state index in [1.165, 1.54) is 11.1 Å². The minimum atomic E-state index is -0.449. The minimum absolute atomic E-state index is 0.00940. The Morgan fingerprint density at radius 1 is 1.44 bits per heavy atom. The van der Waals surface area contributed by atoms with Crippen LogP contribution in [0.5, 0.6) is 0 Å². The van der Waals surface area contributed by atoms with E-state index in [0.717, 1.165) is 10.9 Å². The molecule has 0 aliphatic rings. The molecule has 3 N–H and O–H groups in total. The van der Waals surface area contributed by atoms with Crippen molar-refractivity contribution in [1.29, 1.82) is 0 Å². The Bertz CT molecular complexity index is 424. The molecule has 0 saturated carbocycles. The van der Waals surface area contributed by atoms with Crippen LogP contribution in [-0.2, 0) is 11.2 Å². The number of rotatable bonds is 5. The van der Waals surface area contributed by atoms with E-state index in [1.54, 1.807) is 0 Å². The normalized spacial score (nSPS) is 11.4. The van der Waals surface area contributed by atoms with Gasteiger partial charge in [0.1, 0.15) is 0 Å². The number of carbonyl (C=O) groups is 1. The molecule has 0 unspecified atom stereocenters. The molecule has 0 spiro atoms. The summed E-state index contributed by atoms with van der Waals surface area (Å²) in [4.78, 5) is 11.6. The van der Waals surface area contributed by atoms with E-state index in [9.17, 15) is 4.79 Å². The molecule has 3 nitrogen and oxygen atoms in total. The second kappa shape index (κ2) is 6.34. The van der Waals surface area contributed by atoms with Crippen molar-refractivity contribution in [2.75, 3.05) is 6.54 Å². The summed E-state index contributed by atoms with van der Waals surface area (Å²) in [7, 11) is 0. The summed E-state index contributed by atoms with van der Waals surface area (Å²) in [6.07, 6.45) is 1.19. The summed E-state index contributed by atoms with van der Waals surface area (Å²) < 4.78 is 1.07. The molecule has 0 heterocycles. The van der Waals surface area contributed by atoms with E-state index in [1.807, 2.05) is 19.9 Å². The fourth-order valence-corrected chi connectivity index (χ4v) is 2.13. The zero-order chi connectivity index (χ0) is 13.8. The molecule has 4 heteroatoms. The molecule has 1 rings (SSSR count). The van der Waals surface area contributed by atoms with E-state index < -0.39 is 5.54 Å². The van der Waals surface area contributed by atoms with Crippen LogP contribution >= 0.6 is 15.9 Å². The van der Waals surface area contributed by atoms with Gasteiger partial charge in [-0.25, -0.2) is 0 Å². The Kier molecular flexibility index (Phi) is 5.35. The molecule has 0 aliphatic carbocycles. The third kappa shape index (κ3) is 5.65. The Morgan fingerprint density at radius 2 is 2.11 bits per heavy atom.